The van der Waals surface area contributed by atoms with Crippen LogP contribution in [0.25, 0.3) is 22.5 Å². The van der Waals surface area contributed by atoms with Gasteiger partial charge in [-0.05, 0) is 59.7 Å². The third-order valence-electron chi connectivity index (χ3n) is 5.88. The van der Waals surface area contributed by atoms with Gasteiger partial charge in [-0.25, -0.2) is 9.79 Å². The van der Waals surface area contributed by atoms with Gasteiger partial charge < -0.3 is 28.1 Å². The molecule has 1 heterocycles. The molecule has 0 aliphatic carbocycles. The number of furan rings is 1. The highest BCUT2D eigenvalue weighted by atomic mass is 35.5. The van der Waals surface area contributed by atoms with Crippen LogP contribution < -0.4 is 18.9 Å². The second kappa shape index (κ2) is 12.7. The van der Waals surface area contributed by atoms with Crippen LogP contribution in [0, 0.1) is 11.3 Å². The minimum absolute atomic E-state index is 0.111. The van der Waals surface area contributed by atoms with Crippen LogP contribution in [0.2, 0.25) is 5.02 Å². The van der Waals surface area contributed by atoms with E-state index >= 15 is 0 Å². The molecule has 0 bridgehead atoms. The number of hydrogen-bond donors (Lipinski definition) is 0. The lowest BCUT2D eigenvalue weighted by Crippen LogP contribution is -2.13. The van der Waals surface area contributed by atoms with E-state index in [0.29, 0.717) is 28.4 Å². The lowest BCUT2D eigenvalue weighted by molar-refractivity contribution is -0.142. The molecule has 4 aromatic rings. The summed E-state index contributed by atoms with van der Waals surface area (Å²) in [4.78, 5) is 16.0. The predicted molar refractivity (Wildman–Crippen MR) is 150 cm³/mol. The van der Waals surface area contributed by atoms with E-state index in [2.05, 4.69) is 15.8 Å². The van der Waals surface area contributed by atoms with E-state index in [1.165, 1.54) is 20.4 Å². The SMILES string of the molecule is COC(=O)COc1c(Cl)cc(/C=N/c2oc(-c3ccc(OC)cc3)c(-c3ccc(OC)cc3)c2C#N)cc1OC. The van der Waals surface area contributed by atoms with Crippen molar-refractivity contribution in [3.63, 3.8) is 0 Å². The molecule has 204 valence electrons. The summed E-state index contributed by atoms with van der Waals surface area (Å²) >= 11 is 6.40. The monoisotopic (exact) mass is 560 g/mol. The Morgan fingerprint density at radius 1 is 0.950 bits per heavy atom. The van der Waals surface area contributed by atoms with Crippen molar-refractivity contribution in [3.05, 3.63) is 76.8 Å². The summed E-state index contributed by atoms with van der Waals surface area (Å²) in [6.45, 7) is -0.333. The van der Waals surface area contributed by atoms with Crippen molar-refractivity contribution in [2.75, 3.05) is 35.0 Å². The van der Waals surface area contributed by atoms with Crippen molar-refractivity contribution >= 4 is 29.7 Å². The number of carbonyl (C=O) groups excluding carboxylic acids is 1. The Bertz CT molecular complexity index is 1570. The fourth-order valence-electron chi connectivity index (χ4n) is 3.87. The largest absolute Gasteiger partial charge is 0.497 e. The molecule has 0 radical (unpaired) electrons. The van der Waals surface area contributed by atoms with Gasteiger partial charge in [0.05, 0.1) is 33.5 Å². The van der Waals surface area contributed by atoms with Gasteiger partial charge in [0, 0.05) is 17.3 Å². The van der Waals surface area contributed by atoms with Crippen LogP contribution in [0.1, 0.15) is 11.1 Å². The lowest BCUT2D eigenvalue weighted by Gasteiger charge is -2.12. The standard InChI is InChI=1S/C30H25ClN2O7/c1-35-21-9-5-19(6-10-21)27-23(15-32)30(40-28(27)20-7-11-22(36-2)12-8-20)33-16-18-13-24(31)29(25(14-18)37-3)39-17-26(34)38-4/h5-14,16H,17H2,1-4H3/b33-16+. The number of nitriles is 1. The van der Waals surface area contributed by atoms with Crippen LogP contribution in [0.4, 0.5) is 5.88 Å². The Morgan fingerprint density at radius 3 is 2.12 bits per heavy atom. The van der Waals surface area contributed by atoms with Crippen molar-refractivity contribution in [1.82, 2.24) is 0 Å². The highest BCUT2D eigenvalue weighted by Crippen LogP contribution is 2.43. The number of aliphatic imine (C=N–C) groups is 1. The van der Waals surface area contributed by atoms with Crippen molar-refractivity contribution in [2.45, 2.75) is 0 Å². The number of carbonyl (C=O) groups is 1. The second-order valence-electron chi connectivity index (χ2n) is 8.21. The minimum atomic E-state index is -0.564. The molecule has 0 atom stereocenters. The molecule has 0 unspecified atom stereocenters. The first-order chi connectivity index (χ1) is 19.4. The molecule has 10 heteroatoms. The number of ether oxygens (including phenoxy) is 5. The summed E-state index contributed by atoms with van der Waals surface area (Å²) in [6, 6.07) is 20.1. The number of esters is 1. The predicted octanol–water partition coefficient (Wildman–Crippen LogP) is 6.47. The number of methoxy groups -OCH3 is 4. The number of benzene rings is 3. The summed E-state index contributed by atoms with van der Waals surface area (Å²) in [6.07, 6.45) is 1.49. The van der Waals surface area contributed by atoms with Crippen molar-refractivity contribution < 1.29 is 32.9 Å². The number of halogens is 1. The fourth-order valence-corrected chi connectivity index (χ4v) is 4.14. The summed E-state index contributed by atoms with van der Waals surface area (Å²) in [5.41, 5.74) is 2.88. The molecule has 1 aromatic heterocycles. The smallest absolute Gasteiger partial charge is 0.343 e. The Labute approximate surface area is 236 Å². The van der Waals surface area contributed by atoms with E-state index in [0.717, 1.165) is 11.1 Å². The molecule has 40 heavy (non-hydrogen) atoms. The van der Waals surface area contributed by atoms with Crippen LogP contribution in [0.5, 0.6) is 23.0 Å². The van der Waals surface area contributed by atoms with E-state index in [4.69, 9.17) is 35.0 Å². The average Bonchev–Trinajstić information content (AvgIpc) is 3.37. The first kappa shape index (κ1) is 28.1. The van der Waals surface area contributed by atoms with E-state index in [-0.39, 0.29) is 34.6 Å². The van der Waals surface area contributed by atoms with Crippen molar-refractivity contribution in [2.24, 2.45) is 4.99 Å². The molecule has 0 spiro atoms. The first-order valence-electron chi connectivity index (χ1n) is 11.9. The molecular weight excluding hydrogens is 536 g/mol. The van der Waals surface area contributed by atoms with E-state index in [1.54, 1.807) is 26.4 Å². The molecule has 0 amide bonds. The Hall–Kier alpha value is -4.94. The van der Waals surface area contributed by atoms with Gasteiger partial charge in [0.1, 0.15) is 28.9 Å². The molecule has 0 N–H and O–H groups in total. The van der Waals surface area contributed by atoms with Crippen molar-refractivity contribution in [1.29, 1.82) is 5.26 Å². The van der Waals surface area contributed by atoms with E-state index < -0.39 is 5.97 Å². The molecule has 0 aliphatic heterocycles. The normalized spacial score (nSPS) is 10.7. The van der Waals surface area contributed by atoms with Gasteiger partial charge in [-0.3, -0.25) is 0 Å². The lowest BCUT2D eigenvalue weighted by atomic mass is 9.98. The zero-order valence-electron chi connectivity index (χ0n) is 22.2. The van der Waals surface area contributed by atoms with E-state index in [1.807, 2.05) is 48.5 Å². The molecule has 9 nitrogen and oxygen atoms in total. The number of hydrogen-bond acceptors (Lipinski definition) is 9. The third-order valence-corrected chi connectivity index (χ3v) is 6.16. The molecular formula is C30H25ClN2O7. The van der Waals surface area contributed by atoms with Gasteiger partial charge in [-0.1, -0.05) is 23.7 Å². The maximum Gasteiger partial charge on any atom is 0.343 e. The van der Waals surface area contributed by atoms with Gasteiger partial charge in [0.15, 0.2) is 18.1 Å². The van der Waals surface area contributed by atoms with Gasteiger partial charge in [-0.2, -0.15) is 5.26 Å². The maximum atomic E-state index is 11.5. The molecule has 0 aliphatic rings. The van der Waals surface area contributed by atoms with Crippen LogP contribution >= 0.6 is 11.6 Å². The second-order valence-corrected chi connectivity index (χ2v) is 8.62. The Kier molecular flexibility index (Phi) is 8.94. The molecule has 0 saturated carbocycles. The topological polar surface area (TPSA) is 113 Å². The van der Waals surface area contributed by atoms with Crippen molar-refractivity contribution in [3.8, 4) is 51.5 Å². The summed E-state index contributed by atoms with van der Waals surface area (Å²) < 4.78 is 32.2. The molecule has 0 saturated heterocycles. The van der Waals surface area contributed by atoms with Gasteiger partial charge >= 0.3 is 5.97 Å². The first-order valence-corrected chi connectivity index (χ1v) is 12.3. The number of nitrogens with zero attached hydrogens (tertiary/aromatic N) is 2. The van der Waals surface area contributed by atoms with Gasteiger partial charge in [0.25, 0.3) is 0 Å². The highest BCUT2D eigenvalue weighted by Gasteiger charge is 2.23. The summed E-state index contributed by atoms with van der Waals surface area (Å²) in [5.74, 6) is 1.86. The summed E-state index contributed by atoms with van der Waals surface area (Å²) in [5, 5.41) is 10.4. The van der Waals surface area contributed by atoms with Crippen LogP contribution in [0.3, 0.4) is 0 Å². The third kappa shape index (κ3) is 6.03. The van der Waals surface area contributed by atoms with Gasteiger partial charge in [-0.15, -0.1) is 0 Å². The molecule has 0 fully saturated rings. The van der Waals surface area contributed by atoms with Crippen LogP contribution in [0.15, 0.2) is 70.1 Å². The van der Waals surface area contributed by atoms with Gasteiger partial charge in [0.2, 0.25) is 5.88 Å². The average molecular weight is 561 g/mol. The van der Waals surface area contributed by atoms with Crippen LogP contribution in [-0.4, -0.2) is 47.2 Å². The minimum Gasteiger partial charge on any atom is -0.497 e. The Balaban J connectivity index is 1.78. The van der Waals surface area contributed by atoms with Crippen LogP contribution in [-0.2, 0) is 9.53 Å². The maximum absolute atomic E-state index is 11.5. The Morgan fingerprint density at radius 2 is 1.57 bits per heavy atom. The molecule has 3 aromatic carbocycles. The molecule has 4 rings (SSSR count). The fraction of sp³-hybridized carbons (Fsp3) is 0.167. The zero-order chi connectivity index (χ0) is 28.6. The zero-order valence-corrected chi connectivity index (χ0v) is 22.9. The number of rotatable bonds is 10. The highest BCUT2D eigenvalue weighted by molar-refractivity contribution is 6.32. The summed E-state index contributed by atoms with van der Waals surface area (Å²) in [7, 11) is 5.88. The quantitative estimate of drug-likeness (QED) is 0.160. The van der Waals surface area contributed by atoms with E-state index in [9.17, 15) is 10.1 Å².